The van der Waals surface area contributed by atoms with E-state index in [1.807, 2.05) is 60.9 Å². The van der Waals surface area contributed by atoms with E-state index >= 15 is 0 Å². The Morgan fingerprint density at radius 1 is 0.527 bits per heavy atom. The Kier molecular flexibility index (Phi) is 10.2. The maximum Gasteiger partial charge on any atom is 2.00 e. The molecule has 0 saturated carbocycles. The van der Waals surface area contributed by atoms with Crippen LogP contribution in [0, 0.1) is 17.9 Å². The molecule has 276 valence electrons. The topological polar surface area (TPSA) is 37.2 Å². The second-order valence-electron chi connectivity index (χ2n) is 15.7. The van der Waals surface area contributed by atoms with Crippen LogP contribution in [0.3, 0.4) is 0 Å². The number of halogens is 1. The van der Waals surface area contributed by atoms with Crippen molar-refractivity contribution in [2.75, 3.05) is 9.80 Å². The summed E-state index contributed by atoms with van der Waals surface area (Å²) in [6.07, 6.45) is 3.76. The summed E-state index contributed by atoms with van der Waals surface area (Å²) in [6, 6.07) is 51.7. The van der Waals surface area contributed by atoms with Gasteiger partial charge in [-0.25, -0.2) is 14.4 Å². The standard InChI is InChI=1S/C48H42FN5.Pt/c1-47(2,3)33-25-27-50-45(29-33)52(36-13-9-7-10-14-36)39-21-23-43-41(31-39)42-32-40(22-24-44(42)54(43)38-19-17-35(49)18-20-38)53(37-15-11-8-12-16-37)46-30-34(26-28-51-46)48(4,5)6;/h7-30H,1-6H3;/q-2;+2. The van der Waals surface area contributed by atoms with Crippen LogP contribution in [0.25, 0.3) is 27.5 Å². The zero-order chi connectivity index (χ0) is 37.6. The second kappa shape index (κ2) is 14.9. The van der Waals surface area contributed by atoms with Crippen molar-refractivity contribution in [3.8, 4) is 5.69 Å². The summed E-state index contributed by atoms with van der Waals surface area (Å²) in [5, 5.41) is 1.76. The Hall–Kier alpha value is -5.58. The van der Waals surface area contributed by atoms with E-state index in [4.69, 9.17) is 9.97 Å². The van der Waals surface area contributed by atoms with Gasteiger partial charge in [-0.2, -0.15) is 22.9 Å². The van der Waals surface area contributed by atoms with Crippen molar-refractivity contribution >= 4 is 56.2 Å². The van der Waals surface area contributed by atoms with Crippen LogP contribution in [0.1, 0.15) is 52.7 Å². The second-order valence-corrected chi connectivity index (χ2v) is 15.7. The molecule has 0 amide bonds. The summed E-state index contributed by atoms with van der Waals surface area (Å²) in [5.41, 5.74) is 8.56. The molecule has 0 fully saturated rings. The molecule has 3 heterocycles. The zero-order valence-corrected chi connectivity index (χ0v) is 34.1. The Balaban J connectivity index is 0.00000465. The predicted molar refractivity (Wildman–Crippen MR) is 221 cm³/mol. The molecule has 0 aliphatic rings. The largest absolute Gasteiger partial charge is 2.00 e. The minimum atomic E-state index is -0.283. The number of fused-ring (bicyclic) bond motifs is 3. The number of rotatable bonds is 7. The molecule has 0 spiro atoms. The van der Waals surface area contributed by atoms with Crippen molar-refractivity contribution in [1.82, 2.24) is 14.5 Å². The van der Waals surface area contributed by atoms with Gasteiger partial charge in [0.1, 0.15) is 17.5 Å². The van der Waals surface area contributed by atoms with E-state index in [1.54, 1.807) is 0 Å². The van der Waals surface area contributed by atoms with Crippen LogP contribution in [0.15, 0.2) is 146 Å². The van der Waals surface area contributed by atoms with Crippen LogP contribution in [-0.4, -0.2) is 14.5 Å². The fourth-order valence-corrected chi connectivity index (χ4v) is 6.92. The third-order valence-corrected chi connectivity index (χ3v) is 9.83. The Morgan fingerprint density at radius 3 is 1.35 bits per heavy atom. The number of hydrogen-bond donors (Lipinski definition) is 0. The summed E-state index contributed by atoms with van der Waals surface area (Å²) in [7, 11) is 0. The summed E-state index contributed by atoms with van der Waals surface area (Å²) in [4.78, 5) is 14.1. The van der Waals surface area contributed by atoms with Crippen molar-refractivity contribution in [3.05, 3.63) is 175 Å². The number of para-hydroxylation sites is 2. The molecule has 0 aliphatic heterocycles. The van der Waals surface area contributed by atoms with Crippen LogP contribution in [-0.2, 0) is 31.9 Å². The fourth-order valence-electron chi connectivity index (χ4n) is 6.92. The molecule has 8 aromatic rings. The van der Waals surface area contributed by atoms with Crippen LogP contribution >= 0.6 is 0 Å². The van der Waals surface area contributed by atoms with Crippen molar-refractivity contribution in [3.63, 3.8) is 0 Å². The molecule has 0 atom stereocenters. The number of benzene rings is 5. The molecule has 5 aromatic carbocycles. The van der Waals surface area contributed by atoms with Gasteiger partial charge in [0, 0.05) is 29.5 Å². The van der Waals surface area contributed by atoms with Crippen molar-refractivity contribution < 1.29 is 25.5 Å². The minimum Gasteiger partial charge on any atom is -0.409 e. The van der Waals surface area contributed by atoms with Gasteiger partial charge in [-0.3, -0.25) is 0 Å². The van der Waals surface area contributed by atoms with E-state index in [1.165, 1.54) is 23.3 Å². The minimum absolute atomic E-state index is 0. The van der Waals surface area contributed by atoms with Crippen molar-refractivity contribution in [2.24, 2.45) is 0 Å². The van der Waals surface area contributed by atoms with Gasteiger partial charge in [-0.1, -0.05) is 89.0 Å². The van der Waals surface area contributed by atoms with Crippen LogP contribution in [0.4, 0.5) is 38.8 Å². The quantitative estimate of drug-likeness (QED) is 0.149. The molecule has 5 nitrogen and oxygen atoms in total. The van der Waals surface area contributed by atoms with Crippen molar-refractivity contribution in [2.45, 2.75) is 52.4 Å². The molecule has 0 radical (unpaired) electrons. The summed E-state index contributed by atoms with van der Waals surface area (Å²) in [6.45, 7) is 13.3. The average Bonchev–Trinajstić information content (AvgIpc) is 3.49. The Labute approximate surface area is 337 Å². The van der Waals surface area contributed by atoms with Gasteiger partial charge < -0.3 is 14.4 Å². The first kappa shape index (κ1) is 37.7. The van der Waals surface area contributed by atoms with Crippen LogP contribution in [0.5, 0.6) is 0 Å². The van der Waals surface area contributed by atoms with E-state index < -0.39 is 0 Å². The molecule has 8 rings (SSSR count). The van der Waals surface area contributed by atoms with E-state index in [0.717, 1.165) is 61.9 Å². The molecule has 7 heteroatoms. The SMILES string of the molecule is CC(C)(C)c1ccnc(N(c2[c-]c3c4[c-]c(N(c5ccccc5)c5cc(C(C)(C)C)ccn5)ccc4n(-c4ccc(F)cc4)c3cc2)c2ccccc2)c1.[Pt+2]. The number of anilines is 6. The number of hydrogen-bond acceptors (Lipinski definition) is 4. The zero-order valence-electron chi connectivity index (χ0n) is 31.8. The van der Waals surface area contributed by atoms with E-state index in [9.17, 15) is 4.39 Å². The van der Waals surface area contributed by atoms with E-state index in [0.29, 0.717) is 0 Å². The first-order chi connectivity index (χ1) is 26.0. The van der Waals surface area contributed by atoms with Crippen LogP contribution < -0.4 is 9.80 Å². The fraction of sp³-hybridized carbons (Fsp3) is 0.167. The maximum atomic E-state index is 14.2. The molecule has 0 saturated heterocycles. The predicted octanol–water partition coefficient (Wildman–Crippen LogP) is 12.8. The van der Waals surface area contributed by atoms with Gasteiger partial charge in [0.2, 0.25) is 0 Å². The normalized spacial score (nSPS) is 11.8. The summed E-state index contributed by atoms with van der Waals surface area (Å²) >= 11 is 0. The third kappa shape index (κ3) is 7.44. The van der Waals surface area contributed by atoms with Gasteiger partial charge in [0.15, 0.2) is 0 Å². The molecule has 3 aromatic heterocycles. The average molecular weight is 903 g/mol. The number of nitrogens with zero attached hydrogens (tertiary/aromatic N) is 5. The molecular formula is C48H42FN5Pt. The third-order valence-electron chi connectivity index (χ3n) is 9.83. The molecule has 55 heavy (non-hydrogen) atoms. The maximum absolute atomic E-state index is 14.2. The smallest absolute Gasteiger partial charge is 0.409 e. The molecule has 0 bridgehead atoms. The summed E-state index contributed by atoms with van der Waals surface area (Å²) < 4.78 is 16.4. The first-order valence-corrected chi connectivity index (χ1v) is 18.3. The Bertz CT molecular complexity index is 2430. The monoisotopic (exact) mass is 902 g/mol. The van der Waals surface area contributed by atoms with Gasteiger partial charge in [-0.15, -0.1) is 24.3 Å². The molecule has 0 N–H and O–H groups in total. The van der Waals surface area contributed by atoms with Gasteiger partial charge in [0.05, 0.1) is 0 Å². The molecule has 0 unspecified atom stereocenters. The Morgan fingerprint density at radius 2 is 0.945 bits per heavy atom. The first-order valence-electron chi connectivity index (χ1n) is 18.3. The van der Waals surface area contributed by atoms with Crippen molar-refractivity contribution in [1.29, 1.82) is 0 Å². The molecule has 0 aliphatic carbocycles. The number of pyridine rings is 2. The van der Waals surface area contributed by atoms with Gasteiger partial charge in [0.25, 0.3) is 0 Å². The van der Waals surface area contributed by atoms with E-state index in [-0.39, 0.29) is 37.7 Å². The van der Waals surface area contributed by atoms with E-state index in [2.05, 4.69) is 141 Å². The van der Waals surface area contributed by atoms with Gasteiger partial charge >= 0.3 is 21.1 Å². The summed E-state index contributed by atoms with van der Waals surface area (Å²) in [5.74, 6) is 1.32. The number of aromatic nitrogens is 3. The molecular weight excluding hydrogens is 861 g/mol. The van der Waals surface area contributed by atoms with Crippen LogP contribution in [0.2, 0.25) is 0 Å². The van der Waals surface area contributed by atoms with Gasteiger partial charge in [-0.05, 0) is 106 Å².